The highest BCUT2D eigenvalue weighted by atomic mass is 16.5. The fourth-order valence-corrected chi connectivity index (χ4v) is 2.08. The zero-order valence-electron chi connectivity index (χ0n) is 13.8. The van der Waals surface area contributed by atoms with Crippen molar-refractivity contribution in [3.63, 3.8) is 0 Å². The summed E-state index contributed by atoms with van der Waals surface area (Å²) in [5.74, 6) is 1.09. The molecule has 0 atom stereocenters. The molecule has 0 saturated carbocycles. The summed E-state index contributed by atoms with van der Waals surface area (Å²) in [5, 5.41) is 3.97. The maximum Gasteiger partial charge on any atom is 0.244 e. The molecule has 0 heterocycles. The maximum atomic E-state index is 11.9. The van der Waals surface area contributed by atoms with E-state index in [9.17, 15) is 4.79 Å². The predicted octanol–water partition coefficient (Wildman–Crippen LogP) is 2.37. The number of hydrazone groups is 1. The average Bonchev–Trinajstić information content (AvgIpc) is 2.57. The van der Waals surface area contributed by atoms with Crippen molar-refractivity contribution in [3.8, 4) is 11.5 Å². The second kappa shape index (κ2) is 8.57. The average molecular weight is 327 g/mol. The van der Waals surface area contributed by atoms with Crippen LogP contribution in [0, 0.1) is 0 Å². The minimum absolute atomic E-state index is 0.199. The summed E-state index contributed by atoms with van der Waals surface area (Å²) in [6, 6.07) is 12.6. The van der Waals surface area contributed by atoms with Crippen LogP contribution >= 0.6 is 0 Å². The van der Waals surface area contributed by atoms with Crippen LogP contribution in [0.15, 0.2) is 47.6 Å². The molecule has 6 heteroatoms. The Morgan fingerprint density at radius 1 is 1.21 bits per heavy atom. The lowest BCUT2D eigenvalue weighted by molar-refractivity contribution is -0.120. The van der Waals surface area contributed by atoms with E-state index in [0.29, 0.717) is 23.8 Å². The van der Waals surface area contributed by atoms with E-state index in [0.717, 1.165) is 11.1 Å². The van der Waals surface area contributed by atoms with Crippen molar-refractivity contribution in [1.29, 1.82) is 0 Å². The monoisotopic (exact) mass is 327 g/mol. The van der Waals surface area contributed by atoms with Gasteiger partial charge in [-0.05, 0) is 48.4 Å². The number of methoxy groups -OCH3 is 1. The first-order valence-electron chi connectivity index (χ1n) is 7.59. The second-order valence-corrected chi connectivity index (χ2v) is 5.05. The van der Waals surface area contributed by atoms with Crippen LogP contribution in [0.4, 0.5) is 5.69 Å². The smallest absolute Gasteiger partial charge is 0.244 e. The van der Waals surface area contributed by atoms with Crippen LogP contribution in [0.3, 0.4) is 0 Å². The number of carbonyl (C=O) groups is 1. The molecule has 2 rings (SSSR count). The van der Waals surface area contributed by atoms with E-state index in [1.165, 1.54) is 0 Å². The molecule has 0 bridgehead atoms. The summed E-state index contributed by atoms with van der Waals surface area (Å²) in [6.45, 7) is 2.44. The first kappa shape index (κ1) is 17.3. The Bertz CT molecular complexity index is 712. The topological polar surface area (TPSA) is 85.9 Å². The summed E-state index contributed by atoms with van der Waals surface area (Å²) in [4.78, 5) is 11.9. The van der Waals surface area contributed by atoms with Crippen molar-refractivity contribution >= 4 is 17.8 Å². The van der Waals surface area contributed by atoms with Gasteiger partial charge in [-0.1, -0.05) is 12.1 Å². The lowest BCUT2D eigenvalue weighted by Gasteiger charge is -2.09. The lowest BCUT2D eigenvalue weighted by Crippen LogP contribution is -2.19. The molecule has 0 spiro atoms. The molecular formula is C18H21N3O3. The normalized spacial score (nSPS) is 10.6. The van der Waals surface area contributed by atoms with Crippen LogP contribution in [-0.2, 0) is 11.2 Å². The van der Waals surface area contributed by atoms with Crippen LogP contribution in [0.1, 0.15) is 18.1 Å². The molecule has 24 heavy (non-hydrogen) atoms. The first-order valence-corrected chi connectivity index (χ1v) is 7.59. The zero-order chi connectivity index (χ0) is 17.4. The Morgan fingerprint density at radius 2 is 1.96 bits per heavy atom. The first-order chi connectivity index (χ1) is 11.6. The molecule has 0 unspecified atom stereocenters. The van der Waals surface area contributed by atoms with Gasteiger partial charge in [0.15, 0.2) is 11.5 Å². The van der Waals surface area contributed by atoms with Gasteiger partial charge in [0.1, 0.15) is 0 Å². The molecule has 3 N–H and O–H groups in total. The molecule has 0 radical (unpaired) electrons. The molecule has 0 aliphatic rings. The highest BCUT2D eigenvalue weighted by Crippen LogP contribution is 2.27. The Hall–Kier alpha value is -3.02. The van der Waals surface area contributed by atoms with E-state index in [-0.39, 0.29) is 12.3 Å². The fourth-order valence-electron chi connectivity index (χ4n) is 2.08. The molecule has 6 nitrogen and oxygen atoms in total. The number of nitrogens with zero attached hydrogens (tertiary/aromatic N) is 1. The number of nitrogens with two attached hydrogens (primary N) is 1. The Balaban J connectivity index is 1.94. The molecule has 1 amide bonds. The van der Waals surface area contributed by atoms with Crippen molar-refractivity contribution < 1.29 is 14.3 Å². The van der Waals surface area contributed by atoms with E-state index < -0.39 is 0 Å². The fraction of sp³-hybridized carbons (Fsp3) is 0.222. The highest BCUT2D eigenvalue weighted by molar-refractivity contribution is 5.84. The van der Waals surface area contributed by atoms with E-state index in [1.54, 1.807) is 37.6 Å². The summed E-state index contributed by atoms with van der Waals surface area (Å²) < 4.78 is 10.7. The van der Waals surface area contributed by atoms with E-state index in [2.05, 4.69) is 10.5 Å². The number of anilines is 1. The molecule has 0 fully saturated rings. The molecule has 126 valence electrons. The molecular weight excluding hydrogens is 306 g/mol. The predicted molar refractivity (Wildman–Crippen MR) is 94.5 cm³/mol. The van der Waals surface area contributed by atoms with Gasteiger partial charge in [0.25, 0.3) is 0 Å². The van der Waals surface area contributed by atoms with E-state index in [1.807, 2.05) is 25.1 Å². The van der Waals surface area contributed by atoms with Crippen molar-refractivity contribution in [1.82, 2.24) is 5.43 Å². The van der Waals surface area contributed by atoms with Gasteiger partial charge >= 0.3 is 0 Å². The van der Waals surface area contributed by atoms with Crippen molar-refractivity contribution in [2.24, 2.45) is 5.10 Å². The quantitative estimate of drug-likeness (QED) is 0.464. The summed E-state index contributed by atoms with van der Waals surface area (Å²) in [6.07, 6.45) is 1.80. The summed E-state index contributed by atoms with van der Waals surface area (Å²) in [7, 11) is 1.59. The van der Waals surface area contributed by atoms with Gasteiger partial charge in [0.05, 0.1) is 26.4 Å². The summed E-state index contributed by atoms with van der Waals surface area (Å²) >= 11 is 0. The number of rotatable bonds is 7. The number of amides is 1. The third-order valence-electron chi connectivity index (χ3n) is 3.23. The zero-order valence-corrected chi connectivity index (χ0v) is 13.8. The second-order valence-electron chi connectivity index (χ2n) is 5.05. The van der Waals surface area contributed by atoms with Gasteiger partial charge in [-0.25, -0.2) is 5.43 Å². The Morgan fingerprint density at radius 3 is 2.62 bits per heavy atom. The van der Waals surface area contributed by atoms with Crippen LogP contribution in [0.2, 0.25) is 0 Å². The van der Waals surface area contributed by atoms with Crippen LogP contribution in [-0.4, -0.2) is 25.8 Å². The summed E-state index contributed by atoms with van der Waals surface area (Å²) in [5.41, 5.74) is 10.5. The molecule has 0 aliphatic heterocycles. The van der Waals surface area contributed by atoms with Crippen molar-refractivity contribution in [2.75, 3.05) is 19.5 Å². The number of hydrogen-bond acceptors (Lipinski definition) is 5. The number of nitrogen functional groups attached to an aromatic ring is 1. The lowest BCUT2D eigenvalue weighted by atomic mass is 10.1. The number of ether oxygens (including phenoxy) is 2. The van der Waals surface area contributed by atoms with Crippen molar-refractivity contribution in [3.05, 3.63) is 53.6 Å². The SMILES string of the molecule is CCOc1cc(/C=N\NC(=O)Cc2ccc(N)cc2)ccc1OC. The van der Waals surface area contributed by atoms with Gasteiger partial charge in [-0.2, -0.15) is 5.10 Å². The van der Waals surface area contributed by atoms with Gasteiger partial charge < -0.3 is 15.2 Å². The third-order valence-corrected chi connectivity index (χ3v) is 3.23. The third kappa shape index (κ3) is 5.01. The van der Waals surface area contributed by atoms with Crippen LogP contribution in [0.5, 0.6) is 11.5 Å². The number of benzene rings is 2. The van der Waals surface area contributed by atoms with Crippen LogP contribution < -0.4 is 20.6 Å². The molecule has 0 aliphatic carbocycles. The Kier molecular flexibility index (Phi) is 6.19. The van der Waals surface area contributed by atoms with Crippen molar-refractivity contribution in [2.45, 2.75) is 13.3 Å². The van der Waals surface area contributed by atoms with Gasteiger partial charge in [-0.15, -0.1) is 0 Å². The molecule has 0 saturated heterocycles. The van der Waals surface area contributed by atoms with Gasteiger partial charge in [-0.3, -0.25) is 4.79 Å². The molecule has 2 aromatic rings. The highest BCUT2D eigenvalue weighted by Gasteiger charge is 2.05. The molecule has 2 aromatic carbocycles. The minimum atomic E-state index is -0.199. The minimum Gasteiger partial charge on any atom is -0.493 e. The number of carbonyl (C=O) groups excluding carboxylic acids is 1. The largest absolute Gasteiger partial charge is 0.493 e. The number of hydrogen-bond donors (Lipinski definition) is 2. The van der Waals surface area contributed by atoms with Gasteiger partial charge in [0.2, 0.25) is 5.91 Å². The van der Waals surface area contributed by atoms with Crippen LogP contribution in [0.25, 0.3) is 0 Å². The standard InChI is InChI=1S/C18H21N3O3/c1-3-24-17-10-14(6-9-16(17)23-2)12-20-21-18(22)11-13-4-7-15(19)8-5-13/h4-10,12H,3,11,19H2,1-2H3,(H,21,22)/b20-12-. The Labute approximate surface area is 141 Å². The molecule has 0 aromatic heterocycles. The van der Waals surface area contributed by atoms with E-state index in [4.69, 9.17) is 15.2 Å². The van der Waals surface area contributed by atoms with Gasteiger partial charge in [0, 0.05) is 5.69 Å². The van der Waals surface area contributed by atoms with E-state index >= 15 is 0 Å². The number of nitrogens with one attached hydrogen (secondary N) is 1. The maximum absolute atomic E-state index is 11.9.